The standard InChI is InChI=1S/C11H11FN4/c1-7-2-3-8(6-9(7)12)15-11-14-5-4-10(13)16-11/h2-6H,1H3,(H3,13,14,15,16). The molecule has 0 radical (unpaired) electrons. The first-order chi connectivity index (χ1) is 7.65. The third-order valence-electron chi connectivity index (χ3n) is 2.11. The summed E-state index contributed by atoms with van der Waals surface area (Å²) in [6, 6.07) is 6.41. The molecular weight excluding hydrogens is 207 g/mol. The van der Waals surface area contributed by atoms with Gasteiger partial charge in [0.15, 0.2) is 0 Å². The number of aryl methyl sites for hydroxylation is 1. The zero-order valence-electron chi connectivity index (χ0n) is 8.74. The lowest BCUT2D eigenvalue weighted by atomic mass is 10.2. The summed E-state index contributed by atoms with van der Waals surface area (Å²) in [6.45, 7) is 1.70. The van der Waals surface area contributed by atoms with E-state index in [-0.39, 0.29) is 5.82 Å². The number of rotatable bonds is 2. The van der Waals surface area contributed by atoms with Gasteiger partial charge in [-0.1, -0.05) is 6.07 Å². The second-order valence-electron chi connectivity index (χ2n) is 3.39. The molecule has 0 atom stereocenters. The van der Waals surface area contributed by atoms with Gasteiger partial charge in [0.2, 0.25) is 5.95 Å². The number of benzene rings is 1. The Hall–Kier alpha value is -2.17. The number of anilines is 3. The van der Waals surface area contributed by atoms with E-state index in [1.54, 1.807) is 25.1 Å². The summed E-state index contributed by atoms with van der Waals surface area (Å²) in [5.41, 5.74) is 6.69. The summed E-state index contributed by atoms with van der Waals surface area (Å²) >= 11 is 0. The highest BCUT2D eigenvalue weighted by Crippen LogP contribution is 2.16. The normalized spacial score (nSPS) is 10.1. The topological polar surface area (TPSA) is 63.8 Å². The first-order valence-corrected chi connectivity index (χ1v) is 4.77. The van der Waals surface area contributed by atoms with Gasteiger partial charge in [-0.15, -0.1) is 0 Å². The second-order valence-corrected chi connectivity index (χ2v) is 3.39. The molecule has 0 amide bonds. The molecular formula is C11H11FN4. The van der Waals surface area contributed by atoms with E-state index in [0.717, 1.165) is 0 Å². The van der Waals surface area contributed by atoms with E-state index in [0.29, 0.717) is 23.0 Å². The van der Waals surface area contributed by atoms with Crippen LogP contribution in [0, 0.1) is 12.7 Å². The Labute approximate surface area is 92.3 Å². The molecule has 0 spiro atoms. The molecule has 1 aromatic carbocycles. The lowest BCUT2D eigenvalue weighted by Gasteiger charge is -2.05. The van der Waals surface area contributed by atoms with E-state index in [1.165, 1.54) is 12.3 Å². The van der Waals surface area contributed by atoms with Gasteiger partial charge in [0.25, 0.3) is 0 Å². The third-order valence-corrected chi connectivity index (χ3v) is 2.11. The summed E-state index contributed by atoms with van der Waals surface area (Å²) in [6.07, 6.45) is 1.54. The minimum atomic E-state index is -0.270. The summed E-state index contributed by atoms with van der Waals surface area (Å²) in [4.78, 5) is 7.92. The highest BCUT2D eigenvalue weighted by Gasteiger charge is 2.01. The van der Waals surface area contributed by atoms with Crippen molar-refractivity contribution in [2.75, 3.05) is 11.1 Å². The number of nitrogens with two attached hydrogens (primary N) is 1. The Morgan fingerprint density at radius 3 is 2.81 bits per heavy atom. The molecule has 0 saturated heterocycles. The molecule has 0 bridgehead atoms. The average molecular weight is 218 g/mol. The maximum atomic E-state index is 13.3. The van der Waals surface area contributed by atoms with E-state index in [9.17, 15) is 4.39 Å². The minimum Gasteiger partial charge on any atom is -0.384 e. The monoisotopic (exact) mass is 218 g/mol. The van der Waals surface area contributed by atoms with Crippen LogP contribution in [0.15, 0.2) is 30.5 Å². The van der Waals surface area contributed by atoms with Gasteiger partial charge in [0.1, 0.15) is 11.6 Å². The molecule has 1 heterocycles. The van der Waals surface area contributed by atoms with Crippen LogP contribution in [0.3, 0.4) is 0 Å². The maximum Gasteiger partial charge on any atom is 0.229 e. The van der Waals surface area contributed by atoms with Gasteiger partial charge < -0.3 is 11.1 Å². The summed E-state index contributed by atoms with van der Waals surface area (Å²) in [5, 5.41) is 2.87. The molecule has 0 saturated carbocycles. The molecule has 4 nitrogen and oxygen atoms in total. The summed E-state index contributed by atoms with van der Waals surface area (Å²) < 4.78 is 13.3. The molecule has 0 fully saturated rings. The van der Waals surface area contributed by atoms with Crippen LogP contribution in [0.4, 0.5) is 21.8 Å². The number of hydrogen-bond donors (Lipinski definition) is 2. The van der Waals surface area contributed by atoms with E-state index >= 15 is 0 Å². The van der Waals surface area contributed by atoms with Crippen LogP contribution in [0.5, 0.6) is 0 Å². The Morgan fingerprint density at radius 1 is 1.31 bits per heavy atom. The molecule has 2 aromatic rings. The van der Waals surface area contributed by atoms with Crippen LogP contribution in [-0.2, 0) is 0 Å². The number of nitrogen functional groups attached to an aromatic ring is 1. The van der Waals surface area contributed by atoms with Crippen LogP contribution in [0.1, 0.15) is 5.56 Å². The number of aromatic nitrogens is 2. The van der Waals surface area contributed by atoms with Crippen molar-refractivity contribution in [3.63, 3.8) is 0 Å². The molecule has 1 aromatic heterocycles. The quantitative estimate of drug-likeness (QED) is 0.811. The van der Waals surface area contributed by atoms with Crippen molar-refractivity contribution in [1.82, 2.24) is 9.97 Å². The molecule has 5 heteroatoms. The van der Waals surface area contributed by atoms with Crippen LogP contribution in [0.2, 0.25) is 0 Å². The molecule has 0 unspecified atom stereocenters. The first kappa shape index (κ1) is 10.4. The zero-order valence-corrected chi connectivity index (χ0v) is 8.74. The van der Waals surface area contributed by atoms with Gasteiger partial charge in [-0.25, -0.2) is 9.37 Å². The Bertz CT molecular complexity index is 513. The third kappa shape index (κ3) is 2.25. The van der Waals surface area contributed by atoms with E-state index in [1.807, 2.05) is 0 Å². The van der Waals surface area contributed by atoms with Crippen LogP contribution >= 0.6 is 0 Å². The average Bonchev–Trinajstić information content (AvgIpc) is 2.24. The fraction of sp³-hybridized carbons (Fsp3) is 0.0909. The molecule has 16 heavy (non-hydrogen) atoms. The molecule has 2 rings (SSSR count). The Morgan fingerprint density at radius 2 is 2.12 bits per heavy atom. The number of hydrogen-bond acceptors (Lipinski definition) is 4. The SMILES string of the molecule is Cc1ccc(Nc2nccc(N)n2)cc1F. The number of nitrogens with one attached hydrogen (secondary N) is 1. The van der Waals surface area contributed by atoms with Gasteiger partial charge in [-0.2, -0.15) is 4.98 Å². The van der Waals surface area contributed by atoms with Crippen LogP contribution in [0.25, 0.3) is 0 Å². The predicted octanol–water partition coefficient (Wildman–Crippen LogP) is 2.25. The molecule has 0 aliphatic heterocycles. The van der Waals surface area contributed by atoms with Gasteiger partial charge in [-0.05, 0) is 30.7 Å². The highest BCUT2D eigenvalue weighted by molar-refractivity contribution is 5.54. The molecule has 82 valence electrons. The molecule has 0 aliphatic rings. The van der Waals surface area contributed by atoms with Crippen LogP contribution in [-0.4, -0.2) is 9.97 Å². The second kappa shape index (κ2) is 4.14. The highest BCUT2D eigenvalue weighted by atomic mass is 19.1. The summed E-state index contributed by atoms with van der Waals surface area (Å²) in [7, 11) is 0. The molecule has 3 N–H and O–H groups in total. The Balaban J connectivity index is 2.24. The number of halogens is 1. The fourth-order valence-electron chi connectivity index (χ4n) is 1.23. The maximum absolute atomic E-state index is 13.3. The minimum absolute atomic E-state index is 0.270. The van der Waals surface area contributed by atoms with Crippen molar-refractivity contribution in [2.45, 2.75) is 6.92 Å². The Kier molecular flexibility index (Phi) is 2.68. The van der Waals surface area contributed by atoms with Crippen molar-refractivity contribution < 1.29 is 4.39 Å². The van der Waals surface area contributed by atoms with Crippen molar-refractivity contribution in [2.24, 2.45) is 0 Å². The molecule has 0 aliphatic carbocycles. The van der Waals surface area contributed by atoms with E-state index in [4.69, 9.17) is 5.73 Å². The first-order valence-electron chi connectivity index (χ1n) is 4.77. The predicted molar refractivity (Wildman–Crippen MR) is 60.9 cm³/mol. The number of nitrogens with zero attached hydrogens (tertiary/aromatic N) is 2. The van der Waals surface area contributed by atoms with Gasteiger partial charge in [0, 0.05) is 11.9 Å². The van der Waals surface area contributed by atoms with Crippen molar-refractivity contribution in [3.05, 3.63) is 41.8 Å². The van der Waals surface area contributed by atoms with E-state index < -0.39 is 0 Å². The fourth-order valence-corrected chi connectivity index (χ4v) is 1.23. The van der Waals surface area contributed by atoms with Gasteiger partial charge >= 0.3 is 0 Å². The largest absolute Gasteiger partial charge is 0.384 e. The van der Waals surface area contributed by atoms with Gasteiger partial charge in [0.05, 0.1) is 0 Å². The van der Waals surface area contributed by atoms with Crippen molar-refractivity contribution in [1.29, 1.82) is 0 Å². The van der Waals surface area contributed by atoms with Crippen molar-refractivity contribution >= 4 is 17.5 Å². The van der Waals surface area contributed by atoms with Gasteiger partial charge in [-0.3, -0.25) is 0 Å². The van der Waals surface area contributed by atoms with Crippen LogP contribution < -0.4 is 11.1 Å². The lowest BCUT2D eigenvalue weighted by molar-refractivity contribution is 0.619. The zero-order chi connectivity index (χ0) is 11.5. The van der Waals surface area contributed by atoms with Crippen molar-refractivity contribution in [3.8, 4) is 0 Å². The summed E-state index contributed by atoms with van der Waals surface area (Å²) in [5.74, 6) is 0.447. The van der Waals surface area contributed by atoms with E-state index in [2.05, 4.69) is 15.3 Å². The lowest BCUT2D eigenvalue weighted by Crippen LogP contribution is -1.99. The smallest absolute Gasteiger partial charge is 0.229 e.